The van der Waals surface area contributed by atoms with Crippen molar-refractivity contribution in [2.45, 2.75) is 45.3 Å². The van der Waals surface area contributed by atoms with Crippen LogP contribution in [0.1, 0.15) is 43.4 Å². The lowest BCUT2D eigenvalue weighted by atomic mass is 9.95. The summed E-state index contributed by atoms with van der Waals surface area (Å²) in [4.78, 5) is 0. The molecule has 0 unspecified atom stereocenters. The molecule has 0 radical (unpaired) electrons. The Kier molecular flexibility index (Phi) is 7.80. The number of hydrogen-bond donors (Lipinski definition) is 2. The molecule has 98 valence electrons. The normalized spacial score (nSPS) is 13.9. The van der Waals surface area contributed by atoms with Crippen molar-refractivity contribution in [3.63, 3.8) is 0 Å². The smallest absolute Gasteiger partial charge is 0.0733 e. The second-order valence-corrected chi connectivity index (χ2v) is 4.61. The van der Waals surface area contributed by atoms with Crippen LogP contribution in [0.2, 0.25) is 5.02 Å². The summed E-state index contributed by atoms with van der Waals surface area (Å²) in [5, 5.41) is 10.6. The molecule has 0 aliphatic carbocycles. The molecule has 2 nitrogen and oxygen atoms in total. The molecule has 0 aromatic heterocycles. The van der Waals surface area contributed by atoms with Crippen LogP contribution in [0.25, 0.3) is 0 Å². The molecule has 17 heavy (non-hydrogen) atoms. The fourth-order valence-corrected chi connectivity index (χ4v) is 2.20. The molecular weight excluding hydrogens is 257 g/mol. The Hall–Kier alpha value is -0.280. The van der Waals surface area contributed by atoms with Crippen LogP contribution in [0.5, 0.6) is 0 Å². The first-order valence-electron chi connectivity index (χ1n) is 5.76. The lowest BCUT2D eigenvalue weighted by Gasteiger charge is -2.21. The van der Waals surface area contributed by atoms with Gasteiger partial charge in [-0.05, 0) is 30.5 Å². The molecule has 0 bridgehead atoms. The summed E-state index contributed by atoms with van der Waals surface area (Å²) >= 11 is 6.11. The van der Waals surface area contributed by atoms with Crippen molar-refractivity contribution in [3.8, 4) is 0 Å². The molecular formula is C13H21Cl2NO. The molecule has 2 atom stereocenters. The number of aliphatic hydroxyl groups excluding tert-OH is 1. The van der Waals surface area contributed by atoms with E-state index in [1.165, 1.54) is 0 Å². The van der Waals surface area contributed by atoms with Crippen LogP contribution < -0.4 is 5.73 Å². The Morgan fingerprint density at radius 1 is 1.41 bits per heavy atom. The predicted molar refractivity (Wildman–Crippen MR) is 75.9 cm³/mol. The van der Waals surface area contributed by atoms with Crippen LogP contribution in [-0.4, -0.2) is 11.2 Å². The minimum absolute atomic E-state index is 0. The van der Waals surface area contributed by atoms with Gasteiger partial charge >= 0.3 is 0 Å². The molecule has 3 N–H and O–H groups in total. The molecule has 0 aliphatic rings. The van der Waals surface area contributed by atoms with Gasteiger partial charge in [0.15, 0.2) is 0 Å². The van der Waals surface area contributed by atoms with Crippen LogP contribution >= 0.6 is 24.0 Å². The van der Waals surface area contributed by atoms with Crippen molar-refractivity contribution in [2.24, 2.45) is 5.73 Å². The maximum absolute atomic E-state index is 9.97. The Balaban J connectivity index is 0.00000256. The van der Waals surface area contributed by atoms with Crippen LogP contribution in [0.15, 0.2) is 18.2 Å². The maximum Gasteiger partial charge on any atom is 0.0733 e. The Morgan fingerprint density at radius 3 is 2.59 bits per heavy atom. The van der Waals surface area contributed by atoms with Gasteiger partial charge in [0.25, 0.3) is 0 Å². The van der Waals surface area contributed by atoms with Gasteiger partial charge in [-0.2, -0.15) is 0 Å². The number of aliphatic hydroxyl groups is 1. The highest BCUT2D eigenvalue weighted by atomic mass is 35.5. The summed E-state index contributed by atoms with van der Waals surface area (Å²) < 4.78 is 0. The quantitative estimate of drug-likeness (QED) is 0.864. The summed E-state index contributed by atoms with van der Waals surface area (Å²) in [6.07, 6.45) is 2.25. The highest BCUT2D eigenvalue weighted by molar-refractivity contribution is 6.31. The van der Waals surface area contributed by atoms with Gasteiger partial charge in [-0.25, -0.2) is 0 Å². The number of unbranched alkanes of at least 4 members (excludes halogenated alkanes) is 1. The maximum atomic E-state index is 9.97. The zero-order valence-electron chi connectivity index (χ0n) is 10.3. The number of rotatable bonds is 5. The number of aryl methyl sites for hydroxylation is 1. The SMILES string of the molecule is CCCC[C@@H](O)[C@@H](N)c1c(C)cccc1Cl.Cl. The summed E-state index contributed by atoms with van der Waals surface area (Å²) in [5.41, 5.74) is 7.95. The molecule has 0 aliphatic heterocycles. The molecule has 1 aromatic rings. The van der Waals surface area contributed by atoms with Gasteiger partial charge in [0, 0.05) is 5.02 Å². The first-order chi connectivity index (χ1) is 7.57. The lowest BCUT2D eigenvalue weighted by Crippen LogP contribution is -2.27. The van der Waals surface area contributed by atoms with Crippen molar-refractivity contribution in [3.05, 3.63) is 34.3 Å². The van der Waals surface area contributed by atoms with Gasteiger partial charge in [-0.15, -0.1) is 12.4 Å². The summed E-state index contributed by atoms with van der Waals surface area (Å²) in [7, 11) is 0. The largest absolute Gasteiger partial charge is 0.391 e. The minimum Gasteiger partial charge on any atom is -0.391 e. The third kappa shape index (κ3) is 4.47. The fourth-order valence-electron chi connectivity index (χ4n) is 1.85. The number of halogens is 2. The minimum atomic E-state index is -0.515. The van der Waals surface area contributed by atoms with Crippen molar-refractivity contribution in [1.29, 1.82) is 0 Å². The average molecular weight is 278 g/mol. The Bertz CT molecular complexity index is 324. The van der Waals surface area contributed by atoms with E-state index in [0.29, 0.717) is 5.02 Å². The van der Waals surface area contributed by atoms with E-state index in [1.807, 2.05) is 25.1 Å². The lowest BCUT2D eigenvalue weighted by molar-refractivity contribution is 0.132. The second-order valence-electron chi connectivity index (χ2n) is 4.21. The summed E-state index contributed by atoms with van der Waals surface area (Å²) in [6.45, 7) is 4.06. The van der Waals surface area contributed by atoms with E-state index in [1.54, 1.807) is 0 Å². The molecule has 0 spiro atoms. The van der Waals surface area contributed by atoms with Crippen LogP contribution in [0.3, 0.4) is 0 Å². The van der Waals surface area contributed by atoms with Gasteiger partial charge in [0.1, 0.15) is 0 Å². The average Bonchev–Trinajstić information content (AvgIpc) is 2.25. The predicted octanol–water partition coefficient (Wildman–Crippen LogP) is 3.62. The van der Waals surface area contributed by atoms with Crippen molar-refractivity contribution in [1.82, 2.24) is 0 Å². The van der Waals surface area contributed by atoms with Gasteiger partial charge in [0.05, 0.1) is 12.1 Å². The fraction of sp³-hybridized carbons (Fsp3) is 0.538. The van der Waals surface area contributed by atoms with E-state index in [2.05, 4.69) is 6.92 Å². The zero-order valence-corrected chi connectivity index (χ0v) is 11.9. The van der Waals surface area contributed by atoms with Crippen molar-refractivity contribution < 1.29 is 5.11 Å². The van der Waals surface area contributed by atoms with Crippen molar-refractivity contribution in [2.75, 3.05) is 0 Å². The first kappa shape index (κ1) is 16.7. The molecule has 1 aromatic carbocycles. The molecule has 0 heterocycles. The number of hydrogen-bond acceptors (Lipinski definition) is 2. The second kappa shape index (κ2) is 7.93. The Labute approximate surface area is 115 Å². The topological polar surface area (TPSA) is 46.2 Å². The number of nitrogens with two attached hydrogens (primary N) is 1. The molecule has 1 rings (SSSR count). The highest BCUT2D eigenvalue weighted by Crippen LogP contribution is 2.28. The third-order valence-electron chi connectivity index (χ3n) is 2.87. The third-order valence-corrected chi connectivity index (χ3v) is 3.20. The molecule has 4 heteroatoms. The van der Waals surface area contributed by atoms with Crippen LogP contribution in [0, 0.1) is 6.92 Å². The summed E-state index contributed by atoms with van der Waals surface area (Å²) in [6, 6.07) is 5.29. The Morgan fingerprint density at radius 2 is 2.06 bits per heavy atom. The molecule has 0 saturated carbocycles. The van der Waals surface area contributed by atoms with Gasteiger partial charge < -0.3 is 10.8 Å². The van der Waals surface area contributed by atoms with E-state index >= 15 is 0 Å². The molecule has 0 fully saturated rings. The van der Waals surface area contributed by atoms with Crippen LogP contribution in [0.4, 0.5) is 0 Å². The van der Waals surface area contributed by atoms with E-state index < -0.39 is 6.10 Å². The molecule has 0 amide bonds. The van der Waals surface area contributed by atoms with E-state index in [4.69, 9.17) is 17.3 Å². The number of benzene rings is 1. The van der Waals surface area contributed by atoms with E-state index in [0.717, 1.165) is 30.4 Å². The van der Waals surface area contributed by atoms with E-state index in [-0.39, 0.29) is 18.4 Å². The highest BCUT2D eigenvalue weighted by Gasteiger charge is 2.20. The van der Waals surface area contributed by atoms with Gasteiger partial charge in [0.2, 0.25) is 0 Å². The van der Waals surface area contributed by atoms with Gasteiger partial charge in [-0.3, -0.25) is 0 Å². The molecule has 0 saturated heterocycles. The first-order valence-corrected chi connectivity index (χ1v) is 6.14. The zero-order chi connectivity index (χ0) is 12.1. The van der Waals surface area contributed by atoms with Crippen molar-refractivity contribution >= 4 is 24.0 Å². The van der Waals surface area contributed by atoms with Gasteiger partial charge in [-0.1, -0.05) is 43.5 Å². The standard InChI is InChI=1S/C13H20ClNO.ClH/c1-3-4-8-11(16)13(15)12-9(2)6-5-7-10(12)14;/h5-7,11,13,16H,3-4,8,15H2,1-2H3;1H/t11-,13-;/m1./s1. The van der Waals surface area contributed by atoms with E-state index in [9.17, 15) is 5.11 Å². The summed E-state index contributed by atoms with van der Waals surface area (Å²) in [5.74, 6) is 0. The monoisotopic (exact) mass is 277 g/mol. The van der Waals surface area contributed by atoms with Crippen LogP contribution in [-0.2, 0) is 0 Å².